The second-order valence-electron chi connectivity index (χ2n) is 10.5. The summed E-state index contributed by atoms with van der Waals surface area (Å²) in [5.74, 6) is 4.04. The first-order chi connectivity index (χ1) is 16.6. The molecule has 5 nitrogen and oxygen atoms in total. The van der Waals surface area contributed by atoms with Crippen molar-refractivity contribution in [2.75, 3.05) is 26.4 Å². The van der Waals surface area contributed by atoms with Crippen molar-refractivity contribution >= 4 is 5.91 Å². The first-order valence-corrected chi connectivity index (χ1v) is 13.1. The number of para-hydroxylation sites is 1. The summed E-state index contributed by atoms with van der Waals surface area (Å²) in [6.07, 6.45) is 7.20. The predicted molar refractivity (Wildman–Crippen MR) is 134 cm³/mol. The van der Waals surface area contributed by atoms with E-state index < -0.39 is 0 Å². The molecule has 3 aliphatic rings. The minimum absolute atomic E-state index is 0.198. The van der Waals surface area contributed by atoms with Crippen LogP contribution >= 0.6 is 0 Å². The normalized spacial score (nSPS) is 23.3. The Morgan fingerprint density at radius 1 is 1.06 bits per heavy atom. The maximum atomic E-state index is 12.8. The molecule has 2 heterocycles. The van der Waals surface area contributed by atoms with E-state index in [9.17, 15) is 4.79 Å². The van der Waals surface area contributed by atoms with Gasteiger partial charge in [-0.15, -0.1) is 0 Å². The summed E-state index contributed by atoms with van der Waals surface area (Å²) in [5.41, 5.74) is 3.41. The number of ether oxygens (including phenoxy) is 2. The monoisotopic (exact) mass is 462 g/mol. The van der Waals surface area contributed by atoms with Gasteiger partial charge in [0.2, 0.25) is 6.79 Å². The number of likely N-dealkylation sites (tertiary alicyclic amines) is 1. The number of amides is 1. The lowest BCUT2D eigenvalue weighted by molar-refractivity contribution is 0.0697. The van der Waals surface area contributed by atoms with E-state index in [4.69, 9.17) is 9.47 Å². The van der Waals surface area contributed by atoms with Crippen LogP contribution in [-0.2, 0) is 0 Å². The summed E-state index contributed by atoms with van der Waals surface area (Å²) in [6, 6.07) is 14.9. The largest absolute Gasteiger partial charge is 0.454 e. The molecule has 3 atom stereocenters. The topological polar surface area (TPSA) is 50.8 Å². The van der Waals surface area contributed by atoms with Crippen molar-refractivity contribution in [1.82, 2.24) is 10.2 Å². The van der Waals surface area contributed by atoms with Crippen molar-refractivity contribution in [1.29, 1.82) is 0 Å². The maximum Gasteiger partial charge on any atom is 0.253 e. The van der Waals surface area contributed by atoms with Crippen LogP contribution in [0.3, 0.4) is 0 Å². The molecule has 0 aromatic heterocycles. The van der Waals surface area contributed by atoms with Gasteiger partial charge in [0.1, 0.15) is 0 Å². The van der Waals surface area contributed by atoms with Gasteiger partial charge in [-0.05, 0) is 93.5 Å². The van der Waals surface area contributed by atoms with Crippen molar-refractivity contribution in [3.05, 3.63) is 59.2 Å². The highest BCUT2D eigenvalue weighted by atomic mass is 16.7. The number of carbonyl (C=O) groups is 1. The average molecular weight is 463 g/mol. The van der Waals surface area contributed by atoms with E-state index in [-0.39, 0.29) is 11.9 Å². The number of benzene rings is 2. The van der Waals surface area contributed by atoms with Crippen LogP contribution < -0.4 is 14.8 Å². The van der Waals surface area contributed by atoms with E-state index >= 15 is 0 Å². The number of rotatable bonds is 7. The van der Waals surface area contributed by atoms with Gasteiger partial charge >= 0.3 is 0 Å². The Morgan fingerprint density at radius 2 is 1.85 bits per heavy atom. The molecule has 34 heavy (non-hydrogen) atoms. The molecule has 1 N–H and O–H groups in total. The molecule has 2 aliphatic heterocycles. The first-order valence-electron chi connectivity index (χ1n) is 13.1. The van der Waals surface area contributed by atoms with E-state index in [1.165, 1.54) is 36.8 Å². The third-order valence-electron chi connectivity index (χ3n) is 8.14. The van der Waals surface area contributed by atoms with E-state index in [2.05, 4.69) is 49.5 Å². The Morgan fingerprint density at radius 3 is 2.65 bits per heavy atom. The highest BCUT2D eigenvalue weighted by Gasteiger charge is 2.27. The zero-order valence-corrected chi connectivity index (χ0v) is 20.6. The zero-order chi connectivity index (χ0) is 23.5. The highest BCUT2D eigenvalue weighted by Crippen LogP contribution is 2.41. The van der Waals surface area contributed by atoms with Gasteiger partial charge in [-0.3, -0.25) is 4.79 Å². The van der Waals surface area contributed by atoms with Gasteiger partial charge in [-0.1, -0.05) is 31.2 Å². The molecule has 2 aromatic rings. The van der Waals surface area contributed by atoms with Gasteiger partial charge in [0.15, 0.2) is 11.5 Å². The lowest BCUT2D eigenvalue weighted by atomic mass is 9.94. The number of piperidine rings is 1. The third-order valence-corrected chi connectivity index (χ3v) is 8.14. The van der Waals surface area contributed by atoms with Gasteiger partial charge in [-0.25, -0.2) is 0 Å². The molecule has 0 radical (unpaired) electrons. The minimum Gasteiger partial charge on any atom is -0.454 e. The summed E-state index contributed by atoms with van der Waals surface area (Å²) in [4.78, 5) is 14.9. The number of fused-ring (bicyclic) bond motifs is 1. The van der Waals surface area contributed by atoms with Crippen LogP contribution in [0, 0.1) is 11.8 Å². The second kappa shape index (κ2) is 10.4. The summed E-state index contributed by atoms with van der Waals surface area (Å²) >= 11 is 0. The Labute approximate surface area is 203 Å². The van der Waals surface area contributed by atoms with Gasteiger partial charge in [0.05, 0.1) is 0 Å². The van der Waals surface area contributed by atoms with Crippen LogP contribution in [0.25, 0.3) is 0 Å². The Hall–Kier alpha value is -2.53. The lowest BCUT2D eigenvalue weighted by Gasteiger charge is -2.30. The van der Waals surface area contributed by atoms with E-state index in [0.717, 1.165) is 61.4 Å². The molecular weight excluding hydrogens is 424 g/mol. The van der Waals surface area contributed by atoms with Gasteiger partial charge in [-0.2, -0.15) is 0 Å². The van der Waals surface area contributed by atoms with Crippen molar-refractivity contribution in [3.63, 3.8) is 0 Å². The molecule has 1 saturated heterocycles. The molecule has 1 amide bonds. The molecule has 2 fully saturated rings. The number of nitrogens with zero attached hydrogens (tertiary/aromatic N) is 1. The summed E-state index contributed by atoms with van der Waals surface area (Å²) < 4.78 is 11.2. The molecule has 5 rings (SSSR count). The number of hydrogen-bond acceptors (Lipinski definition) is 4. The molecule has 1 saturated carbocycles. The second-order valence-corrected chi connectivity index (χ2v) is 10.5. The maximum absolute atomic E-state index is 12.8. The zero-order valence-electron chi connectivity index (χ0n) is 20.6. The SMILES string of the molecule is CC1CCN(C(=O)c2ccc(C3CCC(CCNC(C)c4cccc5c4OCO5)C3)cc2)CC1. The number of carbonyl (C=O) groups excluding carboxylic acids is 1. The van der Waals surface area contributed by atoms with Crippen LogP contribution in [0.4, 0.5) is 0 Å². The lowest BCUT2D eigenvalue weighted by Crippen LogP contribution is -2.37. The molecule has 1 aliphatic carbocycles. The molecule has 0 bridgehead atoms. The average Bonchev–Trinajstić information content (AvgIpc) is 3.54. The van der Waals surface area contributed by atoms with Crippen molar-refractivity contribution in [3.8, 4) is 11.5 Å². The fourth-order valence-electron chi connectivity index (χ4n) is 5.84. The van der Waals surface area contributed by atoms with E-state index in [1.54, 1.807) is 0 Å². The van der Waals surface area contributed by atoms with E-state index in [1.807, 2.05) is 17.0 Å². The van der Waals surface area contributed by atoms with Crippen molar-refractivity contribution in [2.24, 2.45) is 11.8 Å². The quantitative estimate of drug-likeness (QED) is 0.556. The fourth-order valence-corrected chi connectivity index (χ4v) is 5.84. The summed E-state index contributed by atoms with van der Waals surface area (Å²) in [6.45, 7) is 7.59. The summed E-state index contributed by atoms with van der Waals surface area (Å²) in [5, 5.41) is 3.69. The number of nitrogens with one attached hydrogen (secondary N) is 1. The Kier molecular flexibility index (Phi) is 7.10. The Bertz CT molecular complexity index is 981. The molecule has 5 heteroatoms. The van der Waals surface area contributed by atoms with Crippen LogP contribution in [0.2, 0.25) is 0 Å². The smallest absolute Gasteiger partial charge is 0.253 e. The predicted octanol–water partition coefficient (Wildman–Crippen LogP) is 5.91. The van der Waals surface area contributed by atoms with Crippen LogP contribution in [0.15, 0.2) is 42.5 Å². The highest BCUT2D eigenvalue weighted by molar-refractivity contribution is 5.94. The van der Waals surface area contributed by atoms with Gasteiger partial charge < -0.3 is 19.7 Å². The number of hydrogen-bond donors (Lipinski definition) is 1. The molecule has 0 spiro atoms. The standard InChI is InChI=1S/C29H38N2O3/c1-20-13-16-31(17-14-20)29(32)24-10-8-23(9-11-24)25-7-6-22(18-25)12-15-30-21(2)26-4-3-5-27-28(26)34-19-33-27/h3-5,8-11,20-22,25,30H,6-7,12-19H2,1-2H3. The van der Waals surface area contributed by atoms with Gasteiger partial charge in [0.25, 0.3) is 5.91 Å². The fraction of sp³-hybridized carbons (Fsp3) is 0.552. The first kappa shape index (κ1) is 23.2. The Balaban J connectivity index is 1.09. The van der Waals surface area contributed by atoms with Crippen molar-refractivity contribution < 1.29 is 14.3 Å². The molecule has 2 aromatic carbocycles. The molecule has 3 unspecified atom stereocenters. The summed E-state index contributed by atoms with van der Waals surface area (Å²) in [7, 11) is 0. The van der Waals surface area contributed by atoms with Gasteiger partial charge in [0, 0.05) is 30.3 Å². The van der Waals surface area contributed by atoms with Crippen LogP contribution in [-0.4, -0.2) is 37.2 Å². The van der Waals surface area contributed by atoms with Crippen LogP contribution in [0.1, 0.15) is 85.8 Å². The minimum atomic E-state index is 0.198. The molecular formula is C29H38N2O3. The third kappa shape index (κ3) is 5.10. The van der Waals surface area contributed by atoms with E-state index in [0.29, 0.717) is 12.7 Å². The van der Waals surface area contributed by atoms with Crippen LogP contribution in [0.5, 0.6) is 11.5 Å². The van der Waals surface area contributed by atoms with Crippen molar-refractivity contribution in [2.45, 2.75) is 64.3 Å². The molecule has 182 valence electrons.